The van der Waals surface area contributed by atoms with Crippen molar-refractivity contribution in [3.63, 3.8) is 0 Å². The molecule has 0 bridgehead atoms. The van der Waals surface area contributed by atoms with Crippen LogP contribution in [0.25, 0.3) is 5.69 Å². The number of benzene rings is 1. The van der Waals surface area contributed by atoms with Crippen molar-refractivity contribution in [2.24, 2.45) is 11.8 Å². The number of hydrogen-bond donors (Lipinski definition) is 0. The summed E-state index contributed by atoms with van der Waals surface area (Å²) in [6.45, 7) is 6.31. The second kappa shape index (κ2) is 7.84. The highest BCUT2D eigenvalue weighted by atomic mass is 32.2. The summed E-state index contributed by atoms with van der Waals surface area (Å²) in [6.07, 6.45) is 3.46. The lowest BCUT2D eigenvalue weighted by Crippen LogP contribution is -2.20. The zero-order valence-electron chi connectivity index (χ0n) is 15.4. The molecule has 0 aliphatic carbocycles. The van der Waals surface area contributed by atoms with E-state index < -0.39 is 9.84 Å². The summed E-state index contributed by atoms with van der Waals surface area (Å²) in [7, 11) is -3.59. The minimum Gasteiger partial charge on any atom is -0.369 e. The molecule has 0 spiro atoms. The molecule has 4 atom stereocenters. The Morgan fingerprint density at radius 3 is 2.65 bits per heavy atom. The largest absolute Gasteiger partial charge is 0.369 e. The van der Waals surface area contributed by atoms with Crippen LogP contribution in [0.5, 0.6) is 0 Å². The average Bonchev–Trinajstić information content (AvgIpc) is 3.17. The van der Waals surface area contributed by atoms with Crippen LogP contribution in [0, 0.1) is 11.8 Å². The topological polar surface area (TPSA) is 90.3 Å². The van der Waals surface area contributed by atoms with E-state index >= 15 is 0 Å². The Kier molecular flexibility index (Phi) is 5.72. The number of rotatable bonds is 9. The second-order valence-electron chi connectivity index (χ2n) is 7.24. The van der Waals surface area contributed by atoms with Crippen LogP contribution in [0.2, 0.25) is 0 Å². The van der Waals surface area contributed by atoms with Crippen LogP contribution >= 0.6 is 0 Å². The third-order valence-electron chi connectivity index (χ3n) is 4.79. The quantitative estimate of drug-likeness (QED) is 0.623. The van der Waals surface area contributed by atoms with Crippen molar-refractivity contribution in [3.8, 4) is 5.69 Å². The Labute approximate surface area is 154 Å². The van der Waals surface area contributed by atoms with Crippen LogP contribution in [0.15, 0.2) is 35.5 Å². The Bertz CT molecular complexity index is 822. The number of nitrogens with zero attached hydrogens (tertiary/aromatic N) is 4. The molecule has 26 heavy (non-hydrogen) atoms. The third-order valence-corrected chi connectivity index (χ3v) is 6.60. The van der Waals surface area contributed by atoms with E-state index in [-0.39, 0.29) is 29.0 Å². The molecule has 1 aliphatic heterocycles. The molecule has 1 fully saturated rings. The first-order valence-electron chi connectivity index (χ1n) is 9.14. The van der Waals surface area contributed by atoms with Crippen molar-refractivity contribution in [1.82, 2.24) is 20.2 Å². The normalized spacial score (nSPS) is 22.1. The van der Waals surface area contributed by atoms with Gasteiger partial charge in [-0.1, -0.05) is 50.5 Å². The van der Waals surface area contributed by atoms with Crippen LogP contribution in [0.3, 0.4) is 0 Å². The van der Waals surface area contributed by atoms with E-state index in [1.807, 2.05) is 25.1 Å². The van der Waals surface area contributed by atoms with Crippen LogP contribution < -0.4 is 0 Å². The molecule has 0 unspecified atom stereocenters. The van der Waals surface area contributed by atoms with Crippen molar-refractivity contribution < 1.29 is 13.2 Å². The highest BCUT2D eigenvalue weighted by molar-refractivity contribution is 7.91. The van der Waals surface area contributed by atoms with E-state index in [1.54, 1.807) is 12.1 Å². The zero-order valence-corrected chi connectivity index (χ0v) is 16.3. The molecule has 8 heteroatoms. The van der Waals surface area contributed by atoms with Crippen molar-refractivity contribution in [2.75, 3.05) is 5.75 Å². The fourth-order valence-corrected chi connectivity index (χ4v) is 5.08. The van der Waals surface area contributed by atoms with E-state index in [0.717, 1.165) is 19.3 Å². The molecule has 3 rings (SSSR count). The molecule has 0 saturated carbocycles. The van der Waals surface area contributed by atoms with Gasteiger partial charge in [-0.25, -0.2) is 8.42 Å². The van der Waals surface area contributed by atoms with Gasteiger partial charge in [0, 0.05) is 0 Å². The molecule has 0 radical (unpaired) electrons. The maximum Gasteiger partial charge on any atom is 0.272 e. The Morgan fingerprint density at radius 1 is 1.23 bits per heavy atom. The molecular formula is C18H26N4O3S. The standard InChI is InChI=1S/C18H26N4O3S/c1-4-8-14(3)17-16(25-17)11-13(2)12-26(23,24)18-19-20-21-22(18)15-9-6-5-7-10-15/h5-7,9-10,13-14,16-17H,4,8,11-12H2,1-3H3/t13-,14+,16+,17+/m0/s1. The predicted octanol–water partition coefficient (Wildman–Crippen LogP) is 2.67. The lowest BCUT2D eigenvalue weighted by atomic mass is 9.96. The van der Waals surface area contributed by atoms with Crippen molar-refractivity contribution in [3.05, 3.63) is 30.3 Å². The molecule has 1 aliphatic rings. The fourth-order valence-electron chi connectivity index (χ4n) is 3.48. The summed E-state index contributed by atoms with van der Waals surface area (Å²) in [6, 6.07) is 9.04. The number of sulfone groups is 1. The van der Waals surface area contributed by atoms with Crippen LogP contribution in [0.4, 0.5) is 0 Å². The molecule has 142 valence electrons. The van der Waals surface area contributed by atoms with Crippen LogP contribution in [-0.2, 0) is 14.6 Å². The minimum absolute atomic E-state index is 0.00887. The van der Waals surface area contributed by atoms with E-state index in [1.165, 1.54) is 4.68 Å². The SMILES string of the molecule is CCC[C@@H](C)[C@H]1O[C@@H]1C[C@H](C)CS(=O)(=O)c1nnnn1-c1ccccc1. The number of aromatic nitrogens is 4. The average molecular weight is 378 g/mol. The zero-order chi connectivity index (χ0) is 18.7. The molecule has 0 N–H and O–H groups in total. The van der Waals surface area contributed by atoms with E-state index in [4.69, 9.17) is 4.74 Å². The first-order valence-corrected chi connectivity index (χ1v) is 10.8. The number of ether oxygens (including phenoxy) is 1. The molecular weight excluding hydrogens is 352 g/mol. The molecule has 7 nitrogen and oxygen atoms in total. The smallest absolute Gasteiger partial charge is 0.272 e. The van der Waals surface area contributed by atoms with E-state index in [0.29, 0.717) is 11.6 Å². The number of para-hydroxylation sites is 1. The first-order chi connectivity index (χ1) is 12.4. The van der Waals surface area contributed by atoms with E-state index in [2.05, 4.69) is 29.4 Å². The van der Waals surface area contributed by atoms with Crippen molar-refractivity contribution in [2.45, 2.75) is 57.4 Å². The van der Waals surface area contributed by atoms with E-state index in [9.17, 15) is 8.42 Å². The maximum absolute atomic E-state index is 12.8. The van der Waals surface area contributed by atoms with Gasteiger partial charge in [0.2, 0.25) is 9.84 Å². The molecule has 1 aromatic carbocycles. The molecule has 2 heterocycles. The van der Waals surface area contributed by atoms with Crippen LogP contribution in [-0.4, -0.2) is 46.6 Å². The second-order valence-corrected chi connectivity index (χ2v) is 9.16. The Hall–Kier alpha value is -1.80. The van der Waals surface area contributed by atoms with Gasteiger partial charge in [0.25, 0.3) is 5.16 Å². The van der Waals surface area contributed by atoms with Crippen molar-refractivity contribution >= 4 is 9.84 Å². The van der Waals surface area contributed by atoms with Gasteiger partial charge in [-0.15, -0.1) is 0 Å². The number of tetrazole rings is 1. The summed E-state index contributed by atoms with van der Waals surface area (Å²) in [5.41, 5.74) is 0.628. The Balaban J connectivity index is 1.64. The van der Waals surface area contributed by atoms with Gasteiger partial charge >= 0.3 is 0 Å². The molecule has 2 aromatic rings. The maximum atomic E-state index is 12.8. The highest BCUT2D eigenvalue weighted by Gasteiger charge is 2.43. The summed E-state index contributed by atoms with van der Waals surface area (Å²) in [5, 5.41) is 11.1. The lowest BCUT2D eigenvalue weighted by molar-refractivity contribution is 0.307. The molecule has 0 amide bonds. The summed E-state index contributed by atoms with van der Waals surface area (Å²) in [4.78, 5) is 0. The van der Waals surface area contributed by atoms with Crippen molar-refractivity contribution in [1.29, 1.82) is 0 Å². The molecule has 1 aromatic heterocycles. The monoisotopic (exact) mass is 378 g/mol. The van der Waals surface area contributed by atoms with Gasteiger partial charge in [-0.2, -0.15) is 4.68 Å². The van der Waals surface area contributed by atoms with Gasteiger partial charge < -0.3 is 4.74 Å². The van der Waals surface area contributed by atoms with Gasteiger partial charge in [0.05, 0.1) is 23.6 Å². The summed E-state index contributed by atoms with van der Waals surface area (Å²) < 4.78 is 32.7. The fraction of sp³-hybridized carbons (Fsp3) is 0.611. The highest BCUT2D eigenvalue weighted by Crippen LogP contribution is 2.36. The van der Waals surface area contributed by atoms with Crippen LogP contribution in [0.1, 0.15) is 40.0 Å². The first kappa shape index (κ1) is 19.0. The summed E-state index contributed by atoms with van der Waals surface area (Å²) in [5.74, 6) is 0.513. The van der Waals surface area contributed by atoms with Gasteiger partial charge in [0.1, 0.15) is 0 Å². The van der Waals surface area contributed by atoms with Gasteiger partial charge in [-0.3, -0.25) is 0 Å². The Morgan fingerprint density at radius 2 is 1.96 bits per heavy atom. The molecule has 1 saturated heterocycles. The third kappa shape index (κ3) is 4.29. The van der Waals surface area contributed by atoms with Gasteiger partial charge in [0.15, 0.2) is 0 Å². The number of hydrogen-bond acceptors (Lipinski definition) is 6. The minimum atomic E-state index is -3.59. The lowest BCUT2D eigenvalue weighted by Gasteiger charge is -2.11. The number of epoxide rings is 1. The predicted molar refractivity (Wildman–Crippen MR) is 97.7 cm³/mol. The summed E-state index contributed by atoms with van der Waals surface area (Å²) >= 11 is 0. The van der Waals surface area contributed by atoms with Gasteiger partial charge in [-0.05, 0) is 47.2 Å².